The minimum absolute atomic E-state index is 0.321. The zero-order valence-corrected chi connectivity index (χ0v) is 10.9. The van der Waals surface area contributed by atoms with Crippen LogP contribution < -0.4 is 5.32 Å². The summed E-state index contributed by atoms with van der Waals surface area (Å²) >= 11 is 0. The summed E-state index contributed by atoms with van der Waals surface area (Å²) in [6.45, 7) is 12.9. The molecule has 90 valence electrons. The molecule has 3 nitrogen and oxygen atoms in total. The van der Waals surface area contributed by atoms with Gasteiger partial charge in [0.2, 0.25) is 0 Å². The van der Waals surface area contributed by atoms with E-state index in [1.54, 1.807) is 0 Å². The van der Waals surface area contributed by atoms with Crippen molar-refractivity contribution in [2.45, 2.75) is 53.6 Å². The van der Waals surface area contributed by atoms with Gasteiger partial charge < -0.3 is 10.1 Å². The average Bonchev–Trinajstić information content (AvgIpc) is 2.00. The molecular formula is C12H25NO2. The lowest BCUT2D eigenvalue weighted by Gasteiger charge is -2.20. The molecule has 1 N–H and O–H groups in total. The predicted octanol–water partition coefficient (Wildman–Crippen LogP) is 3.19. The molecule has 0 spiro atoms. The maximum absolute atomic E-state index is 11.3. The molecule has 0 aliphatic carbocycles. The van der Waals surface area contributed by atoms with E-state index >= 15 is 0 Å². The molecule has 0 unspecified atom stereocenters. The van der Waals surface area contributed by atoms with Crippen molar-refractivity contribution >= 4 is 6.09 Å². The SMILES string of the molecule is CC(C)[C@H](C)CCNC(=O)OC(C)(C)C. The lowest BCUT2D eigenvalue weighted by atomic mass is 9.95. The van der Waals surface area contributed by atoms with E-state index in [-0.39, 0.29) is 6.09 Å². The molecule has 15 heavy (non-hydrogen) atoms. The van der Waals surface area contributed by atoms with E-state index in [4.69, 9.17) is 4.74 Å². The normalized spacial score (nSPS) is 13.8. The summed E-state index contributed by atoms with van der Waals surface area (Å²) in [6, 6.07) is 0. The largest absolute Gasteiger partial charge is 0.444 e. The molecule has 0 aliphatic heterocycles. The zero-order chi connectivity index (χ0) is 12.1. The molecule has 0 aliphatic rings. The van der Waals surface area contributed by atoms with Crippen LogP contribution in [0.2, 0.25) is 0 Å². The molecule has 0 aromatic rings. The first kappa shape index (κ1) is 14.3. The van der Waals surface area contributed by atoms with Crippen molar-refractivity contribution in [2.24, 2.45) is 11.8 Å². The molecule has 0 aromatic heterocycles. The highest BCUT2D eigenvalue weighted by molar-refractivity contribution is 5.67. The fraction of sp³-hybridized carbons (Fsp3) is 0.917. The Morgan fingerprint density at radius 3 is 2.20 bits per heavy atom. The minimum atomic E-state index is -0.409. The number of ether oxygens (including phenoxy) is 1. The van der Waals surface area contributed by atoms with Gasteiger partial charge in [-0.2, -0.15) is 0 Å². The summed E-state index contributed by atoms with van der Waals surface area (Å²) in [5, 5.41) is 2.76. The lowest BCUT2D eigenvalue weighted by Crippen LogP contribution is -2.33. The van der Waals surface area contributed by atoms with Crippen LogP contribution in [0.1, 0.15) is 48.0 Å². The number of carbonyl (C=O) groups is 1. The number of nitrogens with one attached hydrogen (secondary N) is 1. The van der Waals surface area contributed by atoms with Gasteiger partial charge in [-0.25, -0.2) is 4.79 Å². The van der Waals surface area contributed by atoms with Gasteiger partial charge in [-0.3, -0.25) is 0 Å². The van der Waals surface area contributed by atoms with Gasteiger partial charge in [0, 0.05) is 6.54 Å². The first-order chi connectivity index (χ1) is 6.72. The van der Waals surface area contributed by atoms with E-state index in [0.29, 0.717) is 18.4 Å². The van der Waals surface area contributed by atoms with E-state index in [1.165, 1.54) is 0 Å². The third-order valence-electron chi connectivity index (χ3n) is 2.41. The molecule has 1 atom stereocenters. The quantitative estimate of drug-likeness (QED) is 0.782. The maximum atomic E-state index is 11.3. The Balaban J connectivity index is 3.65. The van der Waals surface area contributed by atoms with Crippen LogP contribution in [0.3, 0.4) is 0 Å². The predicted molar refractivity (Wildman–Crippen MR) is 62.9 cm³/mol. The molecule has 0 saturated heterocycles. The fourth-order valence-corrected chi connectivity index (χ4v) is 1.05. The molecular weight excluding hydrogens is 190 g/mol. The highest BCUT2D eigenvalue weighted by Crippen LogP contribution is 2.13. The van der Waals surface area contributed by atoms with Crippen molar-refractivity contribution in [1.82, 2.24) is 5.32 Å². The van der Waals surface area contributed by atoms with Crippen molar-refractivity contribution in [3.63, 3.8) is 0 Å². The van der Waals surface area contributed by atoms with Crippen molar-refractivity contribution in [2.75, 3.05) is 6.54 Å². The van der Waals surface area contributed by atoms with Crippen LogP contribution in [0.5, 0.6) is 0 Å². The first-order valence-corrected chi connectivity index (χ1v) is 5.69. The number of rotatable bonds is 4. The minimum Gasteiger partial charge on any atom is -0.444 e. The van der Waals surface area contributed by atoms with Crippen molar-refractivity contribution in [3.8, 4) is 0 Å². The third-order valence-corrected chi connectivity index (χ3v) is 2.41. The Hall–Kier alpha value is -0.730. The van der Waals surface area contributed by atoms with Gasteiger partial charge in [0.25, 0.3) is 0 Å². The van der Waals surface area contributed by atoms with Gasteiger partial charge in [0.05, 0.1) is 0 Å². The second kappa shape index (κ2) is 5.99. The Kier molecular flexibility index (Phi) is 5.69. The van der Waals surface area contributed by atoms with Crippen LogP contribution in [0.25, 0.3) is 0 Å². The number of hydrogen-bond acceptors (Lipinski definition) is 2. The van der Waals surface area contributed by atoms with Crippen LogP contribution in [-0.2, 0) is 4.74 Å². The number of amides is 1. The Morgan fingerprint density at radius 1 is 1.27 bits per heavy atom. The second-order valence-electron chi connectivity index (χ2n) is 5.44. The summed E-state index contributed by atoms with van der Waals surface area (Å²) in [6.07, 6.45) is 0.676. The summed E-state index contributed by atoms with van der Waals surface area (Å²) in [5.74, 6) is 1.28. The van der Waals surface area contributed by atoms with Crippen LogP contribution in [0, 0.1) is 11.8 Å². The van der Waals surface area contributed by atoms with E-state index in [1.807, 2.05) is 20.8 Å². The van der Waals surface area contributed by atoms with Crippen LogP contribution in [0.15, 0.2) is 0 Å². The molecule has 0 rings (SSSR count). The van der Waals surface area contributed by atoms with Gasteiger partial charge in [-0.15, -0.1) is 0 Å². The van der Waals surface area contributed by atoms with Gasteiger partial charge in [-0.05, 0) is 39.0 Å². The molecule has 0 fully saturated rings. The van der Waals surface area contributed by atoms with Gasteiger partial charge in [-0.1, -0.05) is 20.8 Å². The highest BCUT2D eigenvalue weighted by atomic mass is 16.6. The van der Waals surface area contributed by atoms with Crippen LogP contribution in [0.4, 0.5) is 4.79 Å². The Labute approximate surface area is 93.6 Å². The van der Waals surface area contributed by atoms with Gasteiger partial charge >= 0.3 is 6.09 Å². The van der Waals surface area contributed by atoms with E-state index in [0.717, 1.165) is 6.42 Å². The molecule has 0 radical (unpaired) electrons. The standard InChI is InChI=1S/C12H25NO2/c1-9(2)10(3)7-8-13-11(14)15-12(4,5)6/h9-10H,7-8H2,1-6H3,(H,13,14)/t10-/m1/s1. The number of hydrogen-bond donors (Lipinski definition) is 1. The summed E-state index contributed by atoms with van der Waals surface area (Å²) in [5.41, 5.74) is -0.409. The van der Waals surface area contributed by atoms with Crippen molar-refractivity contribution in [1.29, 1.82) is 0 Å². The number of alkyl carbamates (subject to hydrolysis) is 1. The van der Waals surface area contributed by atoms with Gasteiger partial charge in [0.15, 0.2) is 0 Å². The van der Waals surface area contributed by atoms with Gasteiger partial charge in [0.1, 0.15) is 5.60 Å². The fourth-order valence-electron chi connectivity index (χ4n) is 1.05. The first-order valence-electron chi connectivity index (χ1n) is 5.69. The Morgan fingerprint density at radius 2 is 1.80 bits per heavy atom. The molecule has 0 saturated carbocycles. The lowest BCUT2D eigenvalue weighted by molar-refractivity contribution is 0.0524. The second-order valence-corrected chi connectivity index (χ2v) is 5.44. The average molecular weight is 215 g/mol. The highest BCUT2D eigenvalue weighted by Gasteiger charge is 2.16. The topological polar surface area (TPSA) is 38.3 Å². The third kappa shape index (κ3) is 8.28. The van der Waals surface area contributed by atoms with E-state index in [9.17, 15) is 4.79 Å². The van der Waals surface area contributed by atoms with Crippen molar-refractivity contribution < 1.29 is 9.53 Å². The molecule has 1 amide bonds. The molecule has 3 heteroatoms. The Bertz CT molecular complexity index is 194. The van der Waals surface area contributed by atoms with Crippen LogP contribution >= 0.6 is 0 Å². The smallest absolute Gasteiger partial charge is 0.407 e. The van der Waals surface area contributed by atoms with Crippen molar-refractivity contribution in [3.05, 3.63) is 0 Å². The zero-order valence-electron chi connectivity index (χ0n) is 10.9. The molecule has 0 bridgehead atoms. The van der Waals surface area contributed by atoms with E-state index in [2.05, 4.69) is 26.1 Å². The summed E-state index contributed by atoms with van der Waals surface area (Å²) in [7, 11) is 0. The van der Waals surface area contributed by atoms with Crippen LogP contribution in [-0.4, -0.2) is 18.2 Å². The van der Waals surface area contributed by atoms with E-state index < -0.39 is 5.60 Å². The molecule has 0 heterocycles. The summed E-state index contributed by atoms with van der Waals surface area (Å²) < 4.78 is 5.13. The maximum Gasteiger partial charge on any atom is 0.407 e. The monoisotopic (exact) mass is 215 g/mol. The number of carbonyl (C=O) groups excluding carboxylic acids is 1. The summed E-state index contributed by atoms with van der Waals surface area (Å²) in [4.78, 5) is 11.3. The molecule has 0 aromatic carbocycles.